The first-order chi connectivity index (χ1) is 13.5. The van der Waals surface area contributed by atoms with Crippen molar-refractivity contribution in [3.8, 4) is 5.75 Å². The fourth-order valence-electron chi connectivity index (χ4n) is 2.54. The smallest absolute Gasteiger partial charge is 0.274 e. The van der Waals surface area contributed by atoms with Gasteiger partial charge < -0.3 is 20.7 Å². The number of benzene rings is 2. The summed E-state index contributed by atoms with van der Waals surface area (Å²) >= 11 is 0. The van der Waals surface area contributed by atoms with E-state index in [0.29, 0.717) is 22.8 Å². The van der Waals surface area contributed by atoms with Crippen molar-refractivity contribution in [2.45, 2.75) is 6.92 Å². The fourth-order valence-corrected chi connectivity index (χ4v) is 2.54. The van der Waals surface area contributed by atoms with E-state index in [1.54, 1.807) is 55.8 Å². The van der Waals surface area contributed by atoms with Gasteiger partial charge in [0, 0.05) is 30.1 Å². The van der Waals surface area contributed by atoms with Crippen molar-refractivity contribution < 1.29 is 14.3 Å². The molecule has 3 N–H and O–H groups in total. The third kappa shape index (κ3) is 5.07. The molecule has 0 fully saturated rings. The van der Waals surface area contributed by atoms with Crippen molar-refractivity contribution in [2.24, 2.45) is 0 Å². The second-order valence-corrected chi connectivity index (χ2v) is 6.01. The average Bonchev–Trinajstić information content (AvgIpc) is 2.68. The van der Waals surface area contributed by atoms with Gasteiger partial charge in [-0.3, -0.25) is 9.59 Å². The maximum atomic E-state index is 12.4. The number of nitrogens with one attached hydrogen (secondary N) is 3. The summed E-state index contributed by atoms with van der Waals surface area (Å²) in [5.41, 5.74) is 3.13. The van der Waals surface area contributed by atoms with Crippen LogP contribution in [0.2, 0.25) is 0 Å². The Morgan fingerprint density at radius 3 is 2.25 bits per heavy atom. The van der Waals surface area contributed by atoms with Crippen molar-refractivity contribution in [1.29, 1.82) is 0 Å². The van der Waals surface area contributed by atoms with Crippen molar-refractivity contribution in [1.82, 2.24) is 4.98 Å². The summed E-state index contributed by atoms with van der Waals surface area (Å²) in [6, 6.07) is 17.8. The molecule has 0 spiro atoms. The van der Waals surface area contributed by atoms with Crippen LogP contribution in [0.4, 0.5) is 22.7 Å². The maximum absolute atomic E-state index is 12.4. The van der Waals surface area contributed by atoms with E-state index >= 15 is 0 Å². The predicted octanol–water partition coefficient (Wildman–Crippen LogP) is 4.04. The zero-order valence-corrected chi connectivity index (χ0v) is 15.5. The standard InChI is InChI=1S/C21H20N4O3/c1-14(26)23-15-5-3-6-16(11-15)24-18-9-10-20(22-13-18)21(27)25-17-7-4-8-19(12-17)28-2/h3-13,24H,1-2H3,(H,23,26)(H,25,27). The molecule has 0 saturated heterocycles. The third-order valence-electron chi connectivity index (χ3n) is 3.80. The van der Waals surface area contributed by atoms with Gasteiger partial charge in [-0.15, -0.1) is 0 Å². The van der Waals surface area contributed by atoms with Crippen LogP contribution >= 0.6 is 0 Å². The highest BCUT2D eigenvalue weighted by Crippen LogP contribution is 2.21. The molecule has 2 aromatic carbocycles. The van der Waals surface area contributed by atoms with E-state index in [2.05, 4.69) is 20.9 Å². The lowest BCUT2D eigenvalue weighted by Crippen LogP contribution is -2.13. The molecule has 7 nitrogen and oxygen atoms in total. The molecule has 1 aromatic heterocycles. The molecule has 0 aliphatic carbocycles. The van der Waals surface area contributed by atoms with E-state index in [0.717, 1.165) is 11.4 Å². The number of rotatable bonds is 6. The molecular formula is C21H20N4O3. The Bertz CT molecular complexity index is 987. The summed E-state index contributed by atoms with van der Waals surface area (Å²) in [7, 11) is 1.57. The van der Waals surface area contributed by atoms with Gasteiger partial charge in [0.05, 0.1) is 19.0 Å². The van der Waals surface area contributed by atoms with Crippen molar-refractivity contribution in [2.75, 3.05) is 23.1 Å². The van der Waals surface area contributed by atoms with Crippen LogP contribution in [0.5, 0.6) is 5.75 Å². The molecule has 3 rings (SSSR count). The molecule has 0 atom stereocenters. The van der Waals surface area contributed by atoms with E-state index in [4.69, 9.17) is 4.74 Å². The van der Waals surface area contributed by atoms with Gasteiger partial charge in [0.1, 0.15) is 11.4 Å². The Balaban J connectivity index is 1.66. The largest absolute Gasteiger partial charge is 0.497 e. The molecule has 7 heteroatoms. The molecule has 142 valence electrons. The molecule has 0 aliphatic rings. The Labute approximate surface area is 162 Å². The minimum atomic E-state index is -0.313. The molecule has 1 heterocycles. The average molecular weight is 376 g/mol. The first kappa shape index (κ1) is 18.9. The number of pyridine rings is 1. The number of hydrogen-bond acceptors (Lipinski definition) is 5. The predicted molar refractivity (Wildman–Crippen MR) is 109 cm³/mol. The molecule has 0 saturated carbocycles. The summed E-state index contributed by atoms with van der Waals surface area (Å²) < 4.78 is 5.15. The minimum absolute atomic E-state index is 0.134. The lowest BCUT2D eigenvalue weighted by molar-refractivity contribution is -0.114. The zero-order chi connectivity index (χ0) is 19.9. The Kier molecular flexibility index (Phi) is 5.86. The van der Waals surface area contributed by atoms with Gasteiger partial charge in [0.15, 0.2) is 0 Å². The molecular weight excluding hydrogens is 356 g/mol. The quantitative estimate of drug-likeness (QED) is 0.604. The number of ether oxygens (including phenoxy) is 1. The van der Waals surface area contributed by atoms with Crippen LogP contribution < -0.4 is 20.7 Å². The Hall–Kier alpha value is -3.87. The number of aromatic nitrogens is 1. The van der Waals surface area contributed by atoms with Gasteiger partial charge in [-0.2, -0.15) is 0 Å². The summed E-state index contributed by atoms with van der Waals surface area (Å²) in [6.07, 6.45) is 1.57. The molecule has 0 unspecified atom stereocenters. The normalized spacial score (nSPS) is 10.1. The summed E-state index contributed by atoms with van der Waals surface area (Å²) in [4.78, 5) is 27.7. The van der Waals surface area contributed by atoms with Gasteiger partial charge in [0.25, 0.3) is 5.91 Å². The van der Waals surface area contributed by atoms with Gasteiger partial charge in [-0.05, 0) is 42.5 Å². The topological polar surface area (TPSA) is 92.4 Å². The third-order valence-corrected chi connectivity index (χ3v) is 3.80. The molecule has 28 heavy (non-hydrogen) atoms. The number of anilines is 4. The second-order valence-electron chi connectivity index (χ2n) is 6.01. The Morgan fingerprint density at radius 1 is 0.857 bits per heavy atom. The first-order valence-electron chi connectivity index (χ1n) is 8.59. The summed E-state index contributed by atoms with van der Waals surface area (Å²) in [6.45, 7) is 1.46. The second kappa shape index (κ2) is 8.68. The van der Waals surface area contributed by atoms with Crippen molar-refractivity contribution >= 4 is 34.6 Å². The van der Waals surface area contributed by atoms with Crippen LogP contribution in [0.1, 0.15) is 17.4 Å². The molecule has 0 bridgehead atoms. The number of methoxy groups -OCH3 is 1. The molecule has 0 radical (unpaired) electrons. The van der Waals surface area contributed by atoms with Gasteiger partial charge in [0.2, 0.25) is 5.91 Å². The molecule has 3 aromatic rings. The summed E-state index contributed by atoms with van der Waals surface area (Å²) in [5.74, 6) is 0.212. The van der Waals surface area contributed by atoms with Crippen LogP contribution in [-0.2, 0) is 4.79 Å². The highest BCUT2D eigenvalue weighted by atomic mass is 16.5. The SMILES string of the molecule is COc1cccc(NC(=O)c2ccc(Nc3cccc(NC(C)=O)c3)cn2)c1. The van der Waals surface area contributed by atoms with Crippen LogP contribution in [0.25, 0.3) is 0 Å². The highest BCUT2D eigenvalue weighted by molar-refractivity contribution is 6.03. The van der Waals surface area contributed by atoms with E-state index in [1.165, 1.54) is 6.92 Å². The monoisotopic (exact) mass is 376 g/mol. The van der Waals surface area contributed by atoms with Gasteiger partial charge >= 0.3 is 0 Å². The minimum Gasteiger partial charge on any atom is -0.497 e. The van der Waals surface area contributed by atoms with E-state index < -0.39 is 0 Å². The van der Waals surface area contributed by atoms with Gasteiger partial charge in [-0.25, -0.2) is 4.98 Å². The Morgan fingerprint density at radius 2 is 1.57 bits per heavy atom. The molecule has 2 amide bonds. The van der Waals surface area contributed by atoms with Crippen LogP contribution in [-0.4, -0.2) is 23.9 Å². The first-order valence-corrected chi connectivity index (χ1v) is 8.59. The van der Waals surface area contributed by atoms with Crippen LogP contribution in [0, 0.1) is 0 Å². The van der Waals surface area contributed by atoms with Crippen molar-refractivity contribution in [3.63, 3.8) is 0 Å². The lowest BCUT2D eigenvalue weighted by atomic mass is 10.2. The van der Waals surface area contributed by atoms with Gasteiger partial charge in [-0.1, -0.05) is 12.1 Å². The van der Waals surface area contributed by atoms with E-state index in [9.17, 15) is 9.59 Å². The van der Waals surface area contributed by atoms with Crippen molar-refractivity contribution in [3.05, 3.63) is 72.6 Å². The number of nitrogens with zero attached hydrogens (tertiary/aromatic N) is 1. The maximum Gasteiger partial charge on any atom is 0.274 e. The number of amides is 2. The van der Waals surface area contributed by atoms with Crippen LogP contribution in [0.3, 0.4) is 0 Å². The highest BCUT2D eigenvalue weighted by Gasteiger charge is 2.08. The van der Waals surface area contributed by atoms with E-state index in [-0.39, 0.29) is 11.8 Å². The van der Waals surface area contributed by atoms with E-state index in [1.807, 2.05) is 18.2 Å². The van der Waals surface area contributed by atoms with Crippen LogP contribution in [0.15, 0.2) is 66.9 Å². The summed E-state index contributed by atoms with van der Waals surface area (Å²) in [5, 5.41) is 8.70. The number of carbonyl (C=O) groups excluding carboxylic acids is 2. The molecule has 0 aliphatic heterocycles. The lowest BCUT2D eigenvalue weighted by Gasteiger charge is -2.10. The number of hydrogen-bond donors (Lipinski definition) is 3. The zero-order valence-electron chi connectivity index (χ0n) is 15.5. The number of carbonyl (C=O) groups is 2. The fraction of sp³-hybridized carbons (Fsp3) is 0.0952.